The molecule has 9 heteroatoms. The average Bonchev–Trinajstić information content (AvgIpc) is 2.72. The molecule has 0 aliphatic rings. The summed E-state index contributed by atoms with van der Waals surface area (Å²) >= 11 is 0. The van der Waals surface area contributed by atoms with Crippen molar-refractivity contribution >= 4 is 39.2 Å². The molecule has 0 atom stereocenters. The third-order valence-electron chi connectivity index (χ3n) is 4.47. The van der Waals surface area contributed by atoms with E-state index >= 15 is 0 Å². The quantitative estimate of drug-likeness (QED) is 0.280. The highest BCUT2D eigenvalue weighted by Crippen LogP contribution is 2.34. The van der Waals surface area contributed by atoms with E-state index in [2.05, 4.69) is 0 Å². The van der Waals surface area contributed by atoms with Crippen molar-refractivity contribution in [3.8, 4) is 11.5 Å². The molecule has 0 saturated carbocycles. The van der Waals surface area contributed by atoms with Crippen molar-refractivity contribution in [2.45, 2.75) is 0 Å². The fourth-order valence-corrected chi connectivity index (χ4v) is 2.99. The van der Waals surface area contributed by atoms with Gasteiger partial charge in [0.15, 0.2) is 5.75 Å². The molecule has 156 valence electrons. The fourth-order valence-electron chi connectivity index (χ4n) is 2.99. The van der Waals surface area contributed by atoms with Crippen molar-refractivity contribution in [2.24, 2.45) is 0 Å². The highest BCUT2D eigenvalue weighted by molar-refractivity contribution is 5.99. The van der Waals surface area contributed by atoms with Crippen LogP contribution in [0.2, 0.25) is 0 Å². The Balaban J connectivity index is 0.000000179. The third-order valence-corrected chi connectivity index (χ3v) is 4.47. The van der Waals surface area contributed by atoms with E-state index in [1.165, 1.54) is 42.5 Å². The first-order valence-electron chi connectivity index (χ1n) is 8.77. The Hall–Kier alpha value is -4.66. The summed E-state index contributed by atoms with van der Waals surface area (Å²) in [6.45, 7) is 0. The second-order valence-electron chi connectivity index (χ2n) is 6.48. The molecular formula is C22H15NO8. The number of carbonyl (C=O) groups is 2. The van der Waals surface area contributed by atoms with Gasteiger partial charge < -0.3 is 20.4 Å². The fraction of sp³-hybridized carbons (Fsp3) is 0. The van der Waals surface area contributed by atoms with Gasteiger partial charge in [0.2, 0.25) is 0 Å². The second-order valence-corrected chi connectivity index (χ2v) is 6.48. The minimum atomic E-state index is -1.11. The number of phenols is 2. The molecular weight excluding hydrogens is 406 g/mol. The van der Waals surface area contributed by atoms with Crippen molar-refractivity contribution < 1.29 is 34.9 Å². The summed E-state index contributed by atoms with van der Waals surface area (Å²) in [7, 11) is 0. The first-order chi connectivity index (χ1) is 14.7. The molecule has 0 aliphatic heterocycles. The minimum absolute atomic E-state index is 0.0393. The molecule has 0 amide bonds. The topological polar surface area (TPSA) is 158 Å². The van der Waals surface area contributed by atoms with Gasteiger partial charge in [-0.1, -0.05) is 18.2 Å². The summed E-state index contributed by atoms with van der Waals surface area (Å²) in [4.78, 5) is 31.5. The van der Waals surface area contributed by atoms with Gasteiger partial charge in [0, 0.05) is 0 Å². The predicted molar refractivity (Wildman–Crippen MR) is 112 cm³/mol. The van der Waals surface area contributed by atoms with Gasteiger partial charge in [-0.15, -0.1) is 0 Å². The summed E-state index contributed by atoms with van der Waals surface area (Å²) in [6.07, 6.45) is 0. The Morgan fingerprint density at radius 3 is 1.84 bits per heavy atom. The van der Waals surface area contributed by atoms with Crippen LogP contribution in [0.5, 0.6) is 11.5 Å². The lowest BCUT2D eigenvalue weighted by Crippen LogP contribution is -1.96. The standard InChI is InChI=1S/C11H7NO5.C11H8O3/c13-9-4-2-6-5-7(11(14)15)1-3-8(6)10(9)12(16)17;12-10-4-3-7-5-9(11(13)14)2-1-8(7)6-10/h1-5,13H,(H,14,15);1-6,12H,(H,13,14). The van der Waals surface area contributed by atoms with Crippen LogP contribution in [0.15, 0.2) is 66.7 Å². The number of benzene rings is 4. The zero-order valence-electron chi connectivity index (χ0n) is 15.7. The number of hydrogen-bond acceptors (Lipinski definition) is 6. The lowest BCUT2D eigenvalue weighted by molar-refractivity contribution is -0.384. The second kappa shape index (κ2) is 8.37. The number of nitro groups is 1. The molecule has 0 spiro atoms. The average molecular weight is 421 g/mol. The normalized spacial score (nSPS) is 10.3. The molecule has 0 bridgehead atoms. The van der Waals surface area contributed by atoms with Crippen LogP contribution in [0.4, 0.5) is 5.69 Å². The maximum atomic E-state index is 10.8. The van der Waals surface area contributed by atoms with Crippen molar-refractivity contribution in [3.05, 3.63) is 88.0 Å². The zero-order valence-corrected chi connectivity index (χ0v) is 15.7. The SMILES string of the molecule is O=C(O)c1ccc2c([N+](=O)[O-])c(O)ccc2c1.O=C(O)c1ccc2cc(O)ccc2c1. The Morgan fingerprint density at radius 1 is 0.710 bits per heavy atom. The monoisotopic (exact) mass is 421 g/mol. The van der Waals surface area contributed by atoms with E-state index in [1.807, 2.05) is 0 Å². The smallest absolute Gasteiger partial charge is 0.335 e. The van der Waals surface area contributed by atoms with Gasteiger partial charge in [0.05, 0.1) is 21.4 Å². The highest BCUT2D eigenvalue weighted by Gasteiger charge is 2.18. The van der Waals surface area contributed by atoms with Gasteiger partial charge in [-0.2, -0.15) is 0 Å². The predicted octanol–water partition coefficient (Wildman–Crippen LogP) is 4.40. The largest absolute Gasteiger partial charge is 0.508 e. The van der Waals surface area contributed by atoms with Crippen LogP contribution in [0, 0.1) is 10.1 Å². The molecule has 0 saturated heterocycles. The lowest BCUT2D eigenvalue weighted by atomic mass is 10.0. The molecule has 0 aliphatic carbocycles. The number of fused-ring (bicyclic) bond motifs is 2. The summed E-state index contributed by atoms with van der Waals surface area (Å²) < 4.78 is 0. The van der Waals surface area contributed by atoms with E-state index in [9.17, 15) is 29.9 Å². The third kappa shape index (κ3) is 4.51. The Bertz CT molecular complexity index is 1350. The van der Waals surface area contributed by atoms with E-state index in [1.54, 1.807) is 24.3 Å². The Morgan fingerprint density at radius 2 is 1.23 bits per heavy atom. The molecule has 4 aromatic carbocycles. The number of carboxylic acid groups (broad SMARTS) is 2. The number of phenolic OH excluding ortho intramolecular Hbond substituents is 2. The Labute approximate surface area is 174 Å². The summed E-state index contributed by atoms with van der Waals surface area (Å²) in [5.74, 6) is -2.31. The first-order valence-corrected chi connectivity index (χ1v) is 8.77. The van der Waals surface area contributed by atoms with Crippen molar-refractivity contribution in [1.82, 2.24) is 0 Å². The molecule has 0 unspecified atom stereocenters. The van der Waals surface area contributed by atoms with Gasteiger partial charge in [0.25, 0.3) is 0 Å². The maximum Gasteiger partial charge on any atom is 0.335 e. The lowest BCUT2D eigenvalue weighted by Gasteiger charge is -2.02. The van der Waals surface area contributed by atoms with Crippen LogP contribution in [-0.2, 0) is 0 Å². The van der Waals surface area contributed by atoms with E-state index in [0.29, 0.717) is 5.39 Å². The molecule has 31 heavy (non-hydrogen) atoms. The number of hydrogen-bond donors (Lipinski definition) is 4. The minimum Gasteiger partial charge on any atom is -0.508 e. The van der Waals surface area contributed by atoms with Crippen LogP contribution >= 0.6 is 0 Å². The van der Waals surface area contributed by atoms with Crippen molar-refractivity contribution in [2.75, 3.05) is 0 Å². The summed E-state index contributed by atoms with van der Waals surface area (Å²) in [6, 6.07) is 16.1. The van der Waals surface area contributed by atoms with Gasteiger partial charge in [-0.05, 0) is 64.7 Å². The number of aromatic carboxylic acids is 2. The molecule has 0 radical (unpaired) electrons. The zero-order chi connectivity index (χ0) is 22.7. The van der Waals surface area contributed by atoms with Crippen LogP contribution in [0.1, 0.15) is 20.7 Å². The number of carboxylic acids is 2. The number of rotatable bonds is 3. The van der Waals surface area contributed by atoms with Crippen LogP contribution in [0.3, 0.4) is 0 Å². The number of aromatic hydroxyl groups is 2. The molecule has 0 heterocycles. The van der Waals surface area contributed by atoms with Crippen LogP contribution in [-0.4, -0.2) is 37.3 Å². The molecule has 0 fully saturated rings. The van der Waals surface area contributed by atoms with Crippen LogP contribution < -0.4 is 0 Å². The first kappa shape index (κ1) is 21.1. The molecule has 0 aromatic heterocycles. The van der Waals surface area contributed by atoms with E-state index < -0.39 is 28.3 Å². The maximum absolute atomic E-state index is 10.8. The van der Waals surface area contributed by atoms with E-state index in [0.717, 1.165) is 10.8 Å². The molecule has 9 nitrogen and oxygen atoms in total. The molecule has 4 rings (SSSR count). The van der Waals surface area contributed by atoms with E-state index in [-0.39, 0.29) is 22.3 Å². The number of nitro benzene ring substituents is 1. The van der Waals surface area contributed by atoms with Gasteiger partial charge in [-0.25, -0.2) is 9.59 Å². The van der Waals surface area contributed by atoms with Gasteiger partial charge in [0.1, 0.15) is 5.75 Å². The summed E-state index contributed by atoms with van der Waals surface area (Å²) in [5, 5.41) is 49.2. The van der Waals surface area contributed by atoms with E-state index in [4.69, 9.17) is 10.2 Å². The highest BCUT2D eigenvalue weighted by atomic mass is 16.6. The molecule has 4 aromatic rings. The van der Waals surface area contributed by atoms with Crippen LogP contribution in [0.25, 0.3) is 21.5 Å². The molecule has 4 N–H and O–H groups in total. The van der Waals surface area contributed by atoms with Crippen molar-refractivity contribution in [1.29, 1.82) is 0 Å². The summed E-state index contributed by atoms with van der Waals surface area (Å²) in [5.41, 5.74) is -0.125. The van der Waals surface area contributed by atoms with Crippen molar-refractivity contribution in [3.63, 3.8) is 0 Å². The van der Waals surface area contributed by atoms with Gasteiger partial charge >= 0.3 is 17.6 Å². The number of nitrogens with zero attached hydrogens (tertiary/aromatic N) is 1. The van der Waals surface area contributed by atoms with Gasteiger partial charge in [-0.3, -0.25) is 10.1 Å². The Kier molecular flexibility index (Phi) is 5.69.